The maximum atomic E-state index is 12.1. The summed E-state index contributed by atoms with van der Waals surface area (Å²) in [5.41, 5.74) is 5.55. The van der Waals surface area contributed by atoms with E-state index in [9.17, 15) is 8.42 Å². The Morgan fingerprint density at radius 1 is 1.20 bits per heavy atom. The van der Waals surface area contributed by atoms with Gasteiger partial charge in [0.1, 0.15) is 0 Å². The number of sulfonamides is 1. The lowest BCUT2D eigenvalue weighted by Gasteiger charge is -2.13. The van der Waals surface area contributed by atoms with Gasteiger partial charge in [0.2, 0.25) is 10.0 Å². The van der Waals surface area contributed by atoms with Gasteiger partial charge in [0.05, 0.1) is 18.1 Å². The number of benzene rings is 1. The highest BCUT2D eigenvalue weighted by molar-refractivity contribution is 7.89. The molecule has 0 aliphatic rings. The van der Waals surface area contributed by atoms with Gasteiger partial charge in [0, 0.05) is 18.7 Å². The molecule has 1 atom stereocenters. The summed E-state index contributed by atoms with van der Waals surface area (Å²) in [7, 11) is -3.59. The van der Waals surface area contributed by atoms with Crippen LogP contribution in [0.3, 0.4) is 0 Å². The van der Waals surface area contributed by atoms with Gasteiger partial charge in [-0.05, 0) is 32.9 Å². The van der Waals surface area contributed by atoms with Crippen molar-refractivity contribution in [2.24, 2.45) is 5.73 Å². The fourth-order valence-corrected chi connectivity index (χ4v) is 2.68. The Balaban J connectivity index is 3.03. The van der Waals surface area contributed by atoms with Gasteiger partial charge in [0.15, 0.2) is 11.5 Å². The molecular weight excluding hydrogens is 280 g/mol. The van der Waals surface area contributed by atoms with E-state index in [0.29, 0.717) is 24.7 Å². The van der Waals surface area contributed by atoms with E-state index in [-0.39, 0.29) is 17.5 Å². The Morgan fingerprint density at radius 2 is 1.80 bits per heavy atom. The molecule has 20 heavy (non-hydrogen) atoms. The molecule has 114 valence electrons. The zero-order chi connectivity index (χ0) is 15.2. The third-order valence-corrected chi connectivity index (χ3v) is 3.84. The largest absolute Gasteiger partial charge is 0.490 e. The summed E-state index contributed by atoms with van der Waals surface area (Å²) in [5, 5.41) is 0. The molecular formula is C13H22N2O4S. The van der Waals surface area contributed by atoms with Crippen LogP contribution in [0.2, 0.25) is 0 Å². The molecule has 0 fully saturated rings. The molecule has 0 bridgehead atoms. The van der Waals surface area contributed by atoms with Crippen LogP contribution in [-0.2, 0) is 10.0 Å². The minimum Gasteiger partial charge on any atom is -0.490 e. The van der Waals surface area contributed by atoms with E-state index in [1.807, 2.05) is 13.8 Å². The number of rotatable bonds is 8. The zero-order valence-corrected chi connectivity index (χ0v) is 12.9. The highest BCUT2D eigenvalue weighted by Crippen LogP contribution is 2.30. The van der Waals surface area contributed by atoms with Crippen LogP contribution in [0.4, 0.5) is 0 Å². The van der Waals surface area contributed by atoms with E-state index < -0.39 is 10.0 Å². The molecule has 3 N–H and O–H groups in total. The molecule has 7 heteroatoms. The summed E-state index contributed by atoms with van der Waals surface area (Å²) in [6.45, 7) is 6.49. The molecule has 0 saturated heterocycles. The Morgan fingerprint density at radius 3 is 2.35 bits per heavy atom. The van der Waals surface area contributed by atoms with Crippen LogP contribution < -0.4 is 19.9 Å². The second-order valence-electron chi connectivity index (χ2n) is 4.30. The first kappa shape index (κ1) is 16.7. The average Bonchev–Trinajstić information content (AvgIpc) is 2.39. The second kappa shape index (κ2) is 7.47. The monoisotopic (exact) mass is 302 g/mol. The van der Waals surface area contributed by atoms with Gasteiger partial charge >= 0.3 is 0 Å². The first-order valence-corrected chi connectivity index (χ1v) is 8.04. The van der Waals surface area contributed by atoms with Crippen LogP contribution in [0.15, 0.2) is 23.1 Å². The van der Waals surface area contributed by atoms with Crippen molar-refractivity contribution in [3.63, 3.8) is 0 Å². The third kappa shape index (κ3) is 4.66. The number of hydrogen-bond acceptors (Lipinski definition) is 5. The predicted octanol–water partition coefficient (Wildman–Crippen LogP) is 1.11. The standard InChI is InChI=1S/C13H22N2O4S/c1-4-18-12-7-6-11(8-13(12)19-5-2)20(16,17)15-9-10(3)14/h6-8,10,15H,4-5,9,14H2,1-3H3. The highest BCUT2D eigenvalue weighted by Gasteiger charge is 2.17. The summed E-state index contributed by atoms with van der Waals surface area (Å²) in [5.74, 6) is 0.943. The van der Waals surface area contributed by atoms with E-state index in [1.54, 1.807) is 13.0 Å². The van der Waals surface area contributed by atoms with Crippen molar-refractivity contribution in [1.82, 2.24) is 4.72 Å². The average molecular weight is 302 g/mol. The van der Waals surface area contributed by atoms with Crippen LogP contribution >= 0.6 is 0 Å². The maximum Gasteiger partial charge on any atom is 0.240 e. The molecule has 1 unspecified atom stereocenters. The van der Waals surface area contributed by atoms with E-state index >= 15 is 0 Å². The first-order valence-electron chi connectivity index (χ1n) is 6.55. The van der Waals surface area contributed by atoms with Crippen LogP contribution in [-0.4, -0.2) is 34.2 Å². The minimum absolute atomic E-state index is 0.130. The lowest BCUT2D eigenvalue weighted by atomic mass is 10.3. The Kier molecular flexibility index (Phi) is 6.25. The molecule has 0 amide bonds. The van der Waals surface area contributed by atoms with Crippen molar-refractivity contribution < 1.29 is 17.9 Å². The van der Waals surface area contributed by atoms with E-state index in [4.69, 9.17) is 15.2 Å². The second-order valence-corrected chi connectivity index (χ2v) is 6.07. The van der Waals surface area contributed by atoms with E-state index in [0.717, 1.165) is 0 Å². The molecule has 0 aromatic heterocycles. The molecule has 0 radical (unpaired) electrons. The molecule has 1 aromatic carbocycles. The fraction of sp³-hybridized carbons (Fsp3) is 0.538. The zero-order valence-electron chi connectivity index (χ0n) is 12.0. The summed E-state index contributed by atoms with van der Waals surface area (Å²) < 4.78 is 37.4. The fourth-order valence-electron chi connectivity index (χ4n) is 1.52. The van der Waals surface area contributed by atoms with Gasteiger partial charge < -0.3 is 15.2 Å². The Bertz CT molecular complexity index is 529. The molecule has 0 heterocycles. The topological polar surface area (TPSA) is 90.7 Å². The molecule has 0 saturated carbocycles. The third-order valence-electron chi connectivity index (χ3n) is 2.42. The molecule has 0 aliphatic heterocycles. The van der Waals surface area contributed by atoms with Crippen molar-refractivity contribution in [3.8, 4) is 11.5 Å². The van der Waals surface area contributed by atoms with Crippen molar-refractivity contribution in [3.05, 3.63) is 18.2 Å². The van der Waals surface area contributed by atoms with Gasteiger partial charge in [-0.2, -0.15) is 0 Å². The van der Waals surface area contributed by atoms with Gasteiger partial charge in [-0.25, -0.2) is 13.1 Å². The van der Waals surface area contributed by atoms with Gasteiger partial charge in [-0.1, -0.05) is 0 Å². The molecule has 6 nitrogen and oxygen atoms in total. The highest BCUT2D eigenvalue weighted by atomic mass is 32.2. The van der Waals surface area contributed by atoms with Crippen molar-refractivity contribution in [2.45, 2.75) is 31.7 Å². The summed E-state index contributed by atoms with van der Waals surface area (Å²) >= 11 is 0. The van der Waals surface area contributed by atoms with E-state index in [1.165, 1.54) is 12.1 Å². The number of nitrogens with two attached hydrogens (primary N) is 1. The smallest absolute Gasteiger partial charge is 0.240 e. The van der Waals surface area contributed by atoms with Gasteiger partial charge in [-0.15, -0.1) is 0 Å². The van der Waals surface area contributed by atoms with Crippen LogP contribution in [0.25, 0.3) is 0 Å². The first-order chi connectivity index (χ1) is 9.40. The molecule has 0 aliphatic carbocycles. The normalized spacial score (nSPS) is 13.0. The van der Waals surface area contributed by atoms with Crippen LogP contribution in [0.1, 0.15) is 20.8 Å². The number of hydrogen-bond donors (Lipinski definition) is 2. The molecule has 1 rings (SSSR count). The van der Waals surface area contributed by atoms with Gasteiger partial charge in [0.25, 0.3) is 0 Å². The maximum absolute atomic E-state index is 12.1. The van der Waals surface area contributed by atoms with Crippen molar-refractivity contribution in [1.29, 1.82) is 0 Å². The number of nitrogens with one attached hydrogen (secondary N) is 1. The quantitative estimate of drug-likeness (QED) is 0.750. The summed E-state index contributed by atoms with van der Waals surface area (Å²) in [4.78, 5) is 0.130. The minimum atomic E-state index is -3.59. The molecule has 1 aromatic rings. The van der Waals surface area contributed by atoms with Gasteiger partial charge in [-0.3, -0.25) is 0 Å². The molecule has 0 spiro atoms. The number of ether oxygens (including phenoxy) is 2. The summed E-state index contributed by atoms with van der Waals surface area (Å²) in [6.07, 6.45) is 0. The predicted molar refractivity (Wildman–Crippen MR) is 77.6 cm³/mol. The van der Waals surface area contributed by atoms with E-state index in [2.05, 4.69) is 4.72 Å². The SMILES string of the molecule is CCOc1ccc(S(=O)(=O)NCC(C)N)cc1OCC. The lowest BCUT2D eigenvalue weighted by Crippen LogP contribution is -2.35. The Labute approximate surface area is 120 Å². The van der Waals surface area contributed by atoms with Crippen molar-refractivity contribution in [2.75, 3.05) is 19.8 Å². The van der Waals surface area contributed by atoms with Crippen LogP contribution in [0, 0.1) is 0 Å². The van der Waals surface area contributed by atoms with Crippen molar-refractivity contribution >= 4 is 10.0 Å². The lowest BCUT2D eigenvalue weighted by molar-refractivity contribution is 0.287. The van der Waals surface area contributed by atoms with Crippen LogP contribution in [0.5, 0.6) is 11.5 Å². The summed E-state index contributed by atoms with van der Waals surface area (Å²) in [6, 6.07) is 4.28. The Hall–Kier alpha value is -1.31.